The van der Waals surface area contributed by atoms with Gasteiger partial charge in [-0.15, -0.1) is 0 Å². The predicted octanol–water partition coefficient (Wildman–Crippen LogP) is 2.39. The maximum atomic E-state index is 11.0. The van der Waals surface area contributed by atoms with Crippen LogP contribution in [0, 0.1) is 4.91 Å². The third-order valence-corrected chi connectivity index (χ3v) is 6.29. The van der Waals surface area contributed by atoms with Crippen molar-refractivity contribution in [2.75, 3.05) is 19.8 Å². The molecule has 2 aliphatic rings. The Kier molecular flexibility index (Phi) is 7.40. The molecule has 172 valence electrons. The van der Waals surface area contributed by atoms with Gasteiger partial charge in [-0.2, -0.15) is 4.91 Å². The van der Waals surface area contributed by atoms with Crippen LogP contribution in [0.4, 0.5) is 0 Å². The summed E-state index contributed by atoms with van der Waals surface area (Å²) < 4.78 is 16.9. The normalized spacial score (nSPS) is 30.2. The monoisotopic (exact) mass is 463 g/mol. The fraction of sp³-hybridized carbons (Fsp3) is 0.478. The van der Waals surface area contributed by atoms with Crippen LogP contribution in [-0.2, 0) is 15.9 Å². The van der Waals surface area contributed by atoms with Gasteiger partial charge in [0, 0.05) is 11.4 Å². The van der Waals surface area contributed by atoms with Crippen molar-refractivity contribution in [3.63, 3.8) is 0 Å². The standard InChI is InChI=1S/C23H26ClNO7/c24-18-6-3-14(23-22(28)21(27)20(25-29)19(11-26)32-23)10-15(18)9-13-1-4-16(5-2-13)31-17-7-8-30-12-17/h1-6,10,17,19-23,26-28H,7-9,11-12H2/t17-,19-,20-,21+,22-,23+/m1/s1. The fourth-order valence-electron chi connectivity index (χ4n) is 4.12. The predicted molar refractivity (Wildman–Crippen MR) is 117 cm³/mol. The zero-order valence-electron chi connectivity index (χ0n) is 17.3. The van der Waals surface area contributed by atoms with E-state index in [1.54, 1.807) is 18.2 Å². The van der Waals surface area contributed by atoms with Crippen LogP contribution in [0.5, 0.6) is 5.75 Å². The summed E-state index contributed by atoms with van der Waals surface area (Å²) in [7, 11) is 0. The van der Waals surface area contributed by atoms with Gasteiger partial charge in [0.25, 0.3) is 0 Å². The molecule has 32 heavy (non-hydrogen) atoms. The Balaban J connectivity index is 1.49. The molecule has 0 bridgehead atoms. The van der Waals surface area contributed by atoms with Crippen molar-refractivity contribution in [2.45, 2.75) is 49.4 Å². The van der Waals surface area contributed by atoms with Gasteiger partial charge < -0.3 is 29.5 Å². The average molecular weight is 464 g/mol. The molecular formula is C23H26ClNO7. The Hall–Kier alpha value is -2.07. The molecule has 2 aliphatic heterocycles. The fourth-order valence-corrected chi connectivity index (χ4v) is 4.30. The number of aliphatic hydroxyl groups is 3. The number of hydrogen-bond acceptors (Lipinski definition) is 8. The molecule has 2 heterocycles. The van der Waals surface area contributed by atoms with Crippen LogP contribution >= 0.6 is 11.6 Å². The summed E-state index contributed by atoms with van der Waals surface area (Å²) in [6.45, 7) is 0.826. The van der Waals surface area contributed by atoms with Gasteiger partial charge in [-0.1, -0.05) is 41.0 Å². The van der Waals surface area contributed by atoms with E-state index in [-0.39, 0.29) is 6.10 Å². The van der Waals surface area contributed by atoms with Crippen LogP contribution in [0.15, 0.2) is 47.6 Å². The van der Waals surface area contributed by atoms with Gasteiger partial charge in [0.05, 0.1) is 19.8 Å². The molecule has 3 N–H and O–H groups in total. The molecule has 8 nitrogen and oxygen atoms in total. The first kappa shape index (κ1) is 23.1. The van der Waals surface area contributed by atoms with E-state index in [2.05, 4.69) is 5.18 Å². The van der Waals surface area contributed by atoms with Crippen molar-refractivity contribution in [3.05, 3.63) is 69.1 Å². The first-order valence-corrected chi connectivity index (χ1v) is 10.9. The molecule has 2 saturated heterocycles. The first-order chi connectivity index (χ1) is 15.5. The molecule has 2 fully saturated rings. The van der Waals surface area contributed by atoms with E-state index in [4.69, 9.17) is 25.8 Å². The summed E-state index contributed by atoms with van der Waals surface area (Å²) in [5.41, 5.74) is 2.41. The lowest BCUT2D eigenvalue weighted by molar-refractivity contribution is -0.189. The van der Waals surface area contributed by atoms with E-state index in [0.29, 0.717) is 23.6 Å². The molecule has 0 aromatic heterocycles. The van der Waals surface area contributed by atoms with Gasteiger partial charge in [0.1, 0.15) is 42.3 Å². The molecule has 0 unspecified atom stereocenters. The second-order valence-electron chi connectivity index (χ2n) is 8.13. The topological polar surface area (TPSA) is 118 Å². The quantitative estimate of drug-likeness (QED) is 0.539. The van der Waals surface area contributed by atoms with E-state index < -0.39 is 37.1 Å². The van der Waals surface area contributed by atoms with Gasteiger partial charge in [-0.05, 0) is 41.3 Å². The van der Waals surface area contributed by atoms with Crippen LogP contribution in [0.1, 0.15) is 29.2 Å². The zero-order chi connectivity index (χ0) is 22.7. The van der Waals surface area contributed by atoms with Crippen LogP contribution < -0.4 is 4.74 Å². The Bertz CT molecular complexity index is 917. The van der Waals surface area contributed by atoms with Gasteiger partial charge in [-0.25, -0.2) is 0 Å². The lowest BCUT2D eigenvalue weighted by Crippen LogP contribution is -2.54. The molecule has 0 spiro atoms. The maximum Gasteiger partial charge on any atom is 0.149 e. The minimum atomic E-state index is -1.44. The van der Waals surface area contributed by atoms with Gasteiger partial charge in [0.2, 0.25) is 0 Å². The Morgan fingerprint density at radius 3 is 2.56 bits per heavy atom. The second kappa shape index (κ2) is 10.2. The summed E-state index contributed by atoms with van der Waals surface area (Å²) in [6.07, 6.45) is -3.25. The van der Waals surface area contributed by atoms with Gasteiger partial charge >= 0.3 is 0 Å². The minimum absolute atomic E-state index is 0.0843. The van der Waals surface area contributed by atoms with Gasteiger partial charge in [0.15, 0.2) is 0 Å². The number of aliphatic hydroxyl groups excluding tert-OH is 3. The third-order valence-electron chi connectivity index (χ3n) is 5.92. The molecule has 6 atom stereocenters. The Labute approximate surface area is 190 Å². The van der Waals surface area contributed by atoms with Crippen molar-refractivity contribution in [1.29, 1.82) is 0 Å². The molecule has 0 amide bonds. The number of halogens is 1. The number of benzene rings is 2. The number of nitroso groups, excluding NO2 is 1. The van der Waals surface area contributed by atoms with Crippen molar-refractivity contribution >= 4 is 11.6 Å². The number of ether oxygens (including phenoxy) is 3. The largest absolute Gasteiger partial charge is 0.488 e. The maximum absolute atomic E-state index is 11.0. The molecule has 0 saturated carbocycles. The smallest absolute Gasteiger partial charge is 0.149 e. The highest BCUT2D eigenvalue weighted by Crippen LogP contribution is 2.35. The van der Waals surface area contributed by atoms with E-state index in [1.807, 2.05) is 24.3 Å². The van der Waals surface area contributed by atoms with Crippen LogP contribution in [0.3, 0.4) is 0 Å². The zero-order valence-corrected chi connectivity index (χ0v) is 18.1. The number of hydrogen-bond donors (Lipinski definition) is 3. The summed E-state index contributed by atoms with van der Waals surface area (Å²) in [5, 5.41) is 33.6. The minimum Gasteiger partial charge on any atom is -0.488 e. The summed E-state index contributed by atoms with van der Waals surface area (Å²) in [4.78, 5) is 11.0. The summed E-state index contributed by atoms with van der Waals surface area (Å²) in [5.74, 6) is 0.783. The van der Waals surface area contributed by atoms with E-state index in [9.17, 15) is 20.2 Å². The summed E-state index contributed by atoms with van der Waals surface area (Å²) >= 11 is 6.41. The van der Waals surface area contributed by atoms with Crippen molar-refractivity contribution < 1.29 is 29.5 Å². The molecule has 9 heteroatoms. The summed E-state index contributed by atoms with van der Waals surface area (Å²) in [6, 6.07) is 11.7. The van der Waals surface area contributed by atoms with E-state index >= 15 is 0 Å². The highest BCUT2D eigenvalue weighted by molar-refractivity contribution is 6.31. The van der Waals surface area contributed by atoms with Gasteiger partial charge in [-0.3, -0.25) is 0 Å². The van der Waals surface area contributed by atoms with Crippen LogP contribution in [-0.4, -0.2) is 65.6 Å². The first-order valence-electron chi connectivity index (χ1n) is 10.6. The van der Waals surface area contributed by atoms with Crippen LogP contribution in [0.2, 0.25) is 5.02 Å². The molecule has 0 aliphatic carbocycles. The Morgan fingerprint density at radius 1 is 1.12 bits per heavy atom. The van der Waals surface area contributed by atoms with Crippen molar-refractivity contribution in [2.24, 2.45) is 5.18 Å². The van der Waals surface area contributed by atoms with Crippen molar-refractivity contribution in [3.8, 4) is 5.75 Å². The molecule has 2 aromatic carbocycles. The molecule has 0 radical (unpaired) electrons. The lowest BCUT2D eigenvalue weighted by atomic mass is 9.89. The Morgan fingerprint density at radius 2 is 1.91 bits per heavy atom. The number of rotatable bonds is 7. The lowest BCUT2D eigenvalue weighted by Gasteiger charge is -2.39. The molecular weight excluding hydrogens is 438 g/mol. The highest BCUT2D eigenvalue weighted by atomic mass is 35.5. The van der Waals surface area contributed by atoms with E-state index in [0.717, 1.165) is 29.9 Å². The van der Waals surface area contributed by atoms with Crippen molar-refractivity contribution in [1.82, 2.24) is 0 Å². The third kappa shape index (κ3) is 4.96. The second-order valence-corrected chi connectivity index (χ2v) is 8.54. The SMILES string of the molecule is O=N[C@H]1[C@H](O)[C@@H](O)[C@H](c2ccc(Cl)c(Cc3ccc(O[C@@H]4CCOC4)cc3)c2)O[C@@H]1CO. The molecule has 4 rings (SSSR count). The molecule has 2 aromatic rings. The average Bonchev–Trinajstić information content (AvgIpc) is 3.31. The van der Waals surface area contributed by atoms with E-state index in [1.165, 1.54) is 0 Å². The van der Waals surface area contributed by atoms with Crippen LogP contribution in [0.25, 0.3) is 0 Å². The number of nitrogens with zero attached hydrogens (tertiary/aromatic N) is 1. The highest BCUT2D eigenvalue weighted by Gasteiger charge is 2.45.